The van der Waals surface area contributed by atoms with Gasteiger partial charge in [0, 0.05) is 31.5 Å². The summed E-state index contributed by atoms with van der Waals surface area (Å²) in [4.78, 5) is 0. The zero-order valence-corrected chi connectivity index (χ0v) is 12.7. The molecule has 1 N–H and O–H groups in total. The predicted octanol–water partition coefficient (Wildman–Crippen LogP) is 2.53. The zero-order chi connectivity index (χ0) is 14.5. The fourth-order valence-electron chi connectivity index (χ4n) is 2.38. The Bertz CT molecular complexity index is 555. The van der Waals surface area contributed by atoms with Gasteiger partial charge in [-0.3, -0.25) is 0 Å². The molecule has 0 bridgehead atoms. The molecule has 4 nitrogen and oxygen atoms in total. The highest BCUT2D eigenvalue weighted by atomic mass is 16.5. The molecule has 0 unspecified atom stereocenters. The van der Waals surface area contributed by atoms with Crippen molar-refractivity contribution in [2.45, 2.75) is 27.3 Å². The van der Waals surface area contributed by atoms with Crippen molar-refractivity contribution >= 4 is 0 Å². The van der Waals surface area contributed by atoms with E-state index in [0.717, 1.165) is 19.7 Å². The fraction of sp³-hybridized carbons (Fsp3) is 0.438. The standard InChI is InChI=1S/C16H23N3O/c1-12-6-5-7-13(2)16(12)19-14(3)15(11-18-19)10-17-8-9-20-4/h5-7,11,17H,8-10H2,1-4H3. The van der Waals surface area contributed by atoms with Crippen LogP contribution in [-0.4, -0.2) is 30.0 Å². The maximum Gasteiger partial charge on any atom is 0.0707 e. The molecule has 0 atom stereocenters. The number of hydrogen-bond acceptors (Lipinski definition) is 3. The molecule has 0 saturated heterocycles. The van der Waals surface area contributed by atoms with Crippen molar-refractivity contribution in [2.24, 2.45) is 0 Å². The van der Waals surface area contributed by atoms with Gasteiger partial charge in [0.05, 0.1) is 18.5 Å². The number of aryl methyl sites for hydroxylation is 2. The molecule has 0 fully saturated rings. The smallest absolute Gasteiger partial charge is 0.0707 e. The average Bonchev–Trinajstić information content (AvgIpc) is 2.77. The molecule has 0 aliphatic heterocycles. The van der Waals surface area contributed by atoms with Crippen LogP contribution in [0.25, 0.3) is 5.69 Å². The van der Waals surface area contributed by atoms with Crippen molar-refractivity contribution in [2.75, 3.05) is 20.3 Å². The van der Waals surface area contributed by atoms with E-state index in [9.17, 15) is 0 Å². The summed E-state index contributed by atoms with van der Waals surface area (Å²) in [5.41, 5.74) is 6.09. The van der Waals surface area contributed by atoms with E-state index in [-0.39, 0.29) is 0 Å². The molecule has 0 amide bonds. The largest absolute Gasteiger partial charge is 0.383 e. The van der Waals surface area contributed by atoms with Gasteiger partial charge in [-0.15, -0.1) is 0 Å². The first kappa shape index (κ1) is 14.8. The molecule has 4 heteroatoms. The third-order valence-corrected chi connectivity index (χ3v) is 3.56. The van der Waals surface area contributed by atoms with Gasteiger partial charge in [-0.05, 0) is 31.9 Å². The third kappa shape index (κ3) is 3.08. The van der Waals surface area contributed by atoms with E-state index in [1.165, 1.54) is 28.1 Å². The van der Waals surface area contributed by atoms with Gasteiger partial charge in [0.1, 0.15) is 0 Å². The highest BCUT2D eigenvalue weighted by molar-refractivity contribution is 5.47. The lowest BCUT2D eigenvalue weighted by molar-refractivity contribution is 0.199. The summed E-state index contributed by atoms with van der Waals surface area (Å²) < 4.78 is 7.07. The predicted molar refractivity (Wildman–Crippen MR) is 81.4 cm³/mol. The number of rotatable bonds is 6. The molecule has 1 aromatic carbocycles. The first-order chi connectivity index (χ1) is 9.65. The first-order valence-electron chi connectivity index (χ1n) is 6.95. The van der Waals surface area contributed by atoms with Crippen LogP contribution in [-0.2, 0) is 11.3 Å². The van der Waals surface area contributed by atoms with Gasteiger partial charge < -0.3 is 10.1 Å². The van der Waals surface area contributed by atoms with E-state index in [1.807, 2.05) is 10.9 Å². The quantitative estimate of drug-likeness (QED) is 0.822. The van der Waals surface area contributed by atoms with E-state index in [0.29, 0.717) is 0 Å². The van der Waals surface area contributed by atoms with E-state index >= 15 is 0 Å². The molecule has 0 spiro atoms. The summed E-state index contributed by atoms with van der Waals surface area (Å²) in [6.07, 6.45) is 1.95. The minimum Gasteiger partial charge on any atom is -0.383 e. The molecule has 20 heavy (non-hydrogen) atoms. The fourth-order valence-corrected chi connectivity index (χ4v) is 2.38. The van der Waals surface area contributed by atoms with E-state index in [4.69, 9.17) is 4.74 Å². The maximum atomic E-state index is 5.03. The number of nitrogens with zero attached hydrogens (tertiary/aromatic N) is 2. The molecule has 108 valence electrons. The highest BCUT2D eigenvalue weighted by Gasteiger charge is 2.11. The minimum absolute atomic E-state index is 0.726. The van der Waals surface area contributed by atoms with Crippen LogP contribution < -0.4 is 5.32 Å². The van der Waals surface area contributed by atoms with Crippen LogP contribution in [0.15, 0.2) is 24.4 Å². The zero-order valence-electron chi connectivity index (χ0n) is 12.7. The topological polar surface area (TPSA) is 39.1 Å². The number of benzene rings is 1. The molecule has 1 heterocycles. The van der Waals surface area contributed by atoms with Crippen LogP contribution in [0.2, 0.25) is 0 Å². The normalized spacial score (nSPS) is 11.0. The average molecular weight is 273 g/mol. The molecular weight excluding hydrogens is 250 g/mol. The number of methoxy groups -OCH3 is 1. The summed E-state index contributed by atoms with van der Waals surface area (Å²) in [5.74, 6) is 0. The van der Waals surface area contributed by atoms with Crippen LogP contribution in [0, 0.1) is 20.8 Å². The third-order valence-electron chi connectivity index (χ3n) is 3.56. The van der Waals surface area contributed by atoms with Crippen LogP contribution in [0.5, 0.6) is 0 Å². The van der Waals surface area contributed by atoms with E-state index < -0.39 is 0 Å². The van der Waals surface area contributed by atoms with Gasteiger partial charge in [0.15, 0.2) is 0 Å². The second kappa shape index (κ2) is 6.68. The van der Waals surface area contributed by atoms with Gasteiger partial charge in [-0.1, -0.05) is 18.2 Å². The van der Waals surface area contributed by atoms with Crippen molar-refractivity contribution in [1.29, 1.82) is 0 Å². The Morgan fingerprint density at radius 3 is 2.55 bits per heavy atom. The Balaban J connectivity index is 2.20. The number of aromatic nitrogens is 2. The second-order valence-corrected chi connectivity index (χ2v) is 5.08. The molecule has 0 aliphatic carbocycles. The highest BCUT2D eigenvalue weighted by Crippen LogP contribution is 2.21. The van der Waals surface area contributed by atoms with Gasteiger partial charge >= 0.3 is 0 Å². The molecule has 0 saturated carbocycles. The minimum atomic E-state index is 0.726. The summed E-state index contributed by atoms with van der Waals surface area (Å²) in [6, 6.07) is 6.33. The number of nitrogens with one attached hydrogen (secondary N) is 1. The Morgan fingerprint density at radius 2 is 1.90 bits per heavy atom. The molecule has 0 aliphatic rings. The second-order valence-electron chi connectivity index (χ2n) is 5.08. The van der Waals surface area contributed by atoms with Crippen molar-refractivity contribution in [3.8, 4) is 5.69 Å². The van der Waals surface area contributed by atoms with Crippen LogP contribution in [0.1, 0.15) is 22.4 Å². The molecule has 0 radical (unpaired) electrons. The summed E-state index contributed by atoms with van der Waals surface area (Å²) in [7, 11) is 1.71. The number of ether oxygens (including phenoxy) is 1. The van der Waals surface area contributed by atoms with Gasteiger partial charge in [-0.25, -0.2) is 4.68 Å². The lowest BCUT2D eigenvalue weighted by Crippen LogP contribution is -2.18. The van der Waals surface area contributed by atoms with Crippen molar-refractivity contribution < 1.29 is 4.74 Å². The molecular formula is C16H23N3O. The lowest BCUT2D eigenvalue weighted by atomic mass is 10.1. The molecule has 1 aromatic heterocycles. The summed E-state index contributed by atoms with van der Waals surface area (Å²) in [6.45, 7) is 8.76. The summed E-state index contributed by atoms with van der Waals surface area (Å²) >= 11 is 0. The summed E-state index contributed by atoms with van der Waals surface area (Å²) in [5, 5.41) is 7.91. The Kier molecular flexibility index (Phi) is 4.93. The Hall–Kier alpha value is -1.65. The van der Waals surface area contributed by atoms with Crippen molar-refractivity contribution in [3.05, 3.63) is 46.8 Å². The maximum absolute atomic E-state index is 5.03. The Labute approximate surface area is 120 Å². The number of para-hydroxylation sites is 1. The van der Waals surface area contributed by atoms with Crippen LogP contribution in [0.3, 0.4) is 0 Å². The van der Waals surface area contributed by atoms with Crippen LogP contribution >= 0.6 is 0 Å². The van der Waals surface area contributed by atoms with E-state index in [1.54, 1.807) is 7.11 Å². The van der Waals surface area contributed by atoms with Gasteiger partial charge in [-0.2, -0.15) is 5.10 Å². The first-order valence-corrected chi connectivity index (χ1v) is 6.95. The van der Waals surface area contributed by atoms with Crippen molar-refractivity contribution in [3.63, 3.8) is 0 Å². The lowest BCUT2D eigenvalue weighted by Gasteiger charge is -2.12. The number of hydrogen-bond donors (Lipinski definition) is 1. The van der Waals surface area contributed by atoms with Gasteiger partial charge in [0.2, 0.25) is 0 Å². The van der Waals surface area contributed by atoms with Crippen molar-refractivity contribution in [1.82, 2.24) is 15.1 Å². The SMILES string of the molecule is COCCNCc1cnn(-c2c(C)cccc2C)c1C. The van der Waals surface area contributed by atoms with E-state index in [2.05, 4.69) is 49.4 Å². The van der Waals surface area contributed by atoms with Crippen LogP contribution in [0.4, 0.5) is 0 Å². The molecule has 2 aromatic rings. The molecule has 2 rings (SSSR count). The monoisotopic (exact) mass is 273 g/mol. The Morgan fingerprint density at radius 1 is 1.20 bits per heavy atom. The van der Waals surface area contributed by atoms with Gasteiger partial charge in [0.25, 0.3) is 0 Å².